The van der Waals surface area contributed by atoms with Crippen molar-refractivity contribution in [2.24, 2.45) is 5.92 Å². The highest BCUT2D eigenvalue weighted by Gasteiger charge is 2.12. The van der Waals surface area contributed by atoms with Crippen molar-refractivity contribution in [1.82, 2.24) is 10.3 Å². The van der Waals surface area contributed by atoms with Crippen LogP contribution >= 0.6 is 12.2 Å². The number of hydrogen-bond donors (Lipinski definition) is 2. The number of benzene rings is 3. The molecule has 1 heterocycles. The lowest BCUT2D eigenvalue weighted by molar-refractivity contribution is -0.122. The molecular formula is C24H21N3O2S. The highest BCUT2D eigenvalue weighted by Crippen LogP contribution is 2.28. The van der Waals surface area contributed by atoms with Crippen LogP contribution in [0, 0.1) is 5.92 Å². The Kier molecular flexibility index (Phi) is 5.59. The average Bonchev–Trinajstić information content (AvgIpc) is 3.17. The van der Waals surface area contributed by atoms with Gasteiger partial charge in [-0.15, -0.1) is 0 Å². The van der Waals surface area contributed by atoms with Gasteiger partial charge in [-0.1, -0.05) is 56.3 Å². The van der Waals surface area contributed by atoms with Gasteiger partial charge in [0, 0.05) is 17.2 Å². The molecule has 0 saturated carbocycles. The van der Waals surface area contributed by atoms with E-state index in [4.69, 9.17) is 16.6 Å². The summed E-state index contributed by atoms with van der Waals surface area (Å²) in [4.78, 5) is 16.4. The fraction of sp³-hybridized carbons (Fsp3) is 0.125. The molecule has 0 aliphatic carbocycles. The molecule has 1 amide bonds. The van der Waals surface area contributed by atoms with E-state index in [0.717, 1.165) is 22.4 Å². The van der Waals surface area contributed by atoms with Gasteiger partial charge < -0.3 is 15.1 Å². The molecule has 0 radical (unpaired) electrons. The van der Waals surface area contributed by atoms with Gasteiger partial charge in [0.25, 0.3) is 0 Å². The summed E-state index contributed by atoms with van der Waals surface area (Å²) in [7, 11) is 0. The second-order valence-electron chi connectivity index (χ2n) is 7.24. The Morgan fingerprint density at radius 1 is 0.933 bits per heavy atom. The normalized spacial score (nSPS) is 10.9. The van der Waals surface area contributed by atoms with Crippen molar-refractivity contribution in [3.8, 4) is 22.6 Å². The second-order valence-corrected chi connectivity index (χ2v) is 7.65. The first kappa shape index (κ1) is 19.8. The number of amides is 1. The van der Waals surface area contributed by atoms with Crippen LogP contribution < -0.4 is 10.6 Å². The summed E-state index contributed by atoms with van der Waals surface area (Å²) < 4.78 is 5.91. The Bertz CT molecular complexity index is 1200. The smallest absolute Gasteiger partial charge is 0.228 e. The van der Waals surface area contributed by atoms with Gasteiger partial charge >= 0.3 is 0 Å². The molecule has 150 valence electrons. The number of nitrogens with one attached hydrogen (secondary N) is 2. The lowest BCUT2D eigenvalue weighted by Gasteiger charge is -2.10. The minimum atomic E-state index is -0.140. The number of oxazole rings is 1. The number of nitrogens with zero attached hydrogens (tertiary/aromatic N) is 1. The third-order valence-corrected chi connectivity index (χ3v) is 4.85. The van der Waals surface area contributed by atoms with E-state index in [-0.39, 0.29) is 16.9 Å². The van der Waals surface area contributed by atoms with Gasteiger partial charge in [0.1, 0.15) is 5.52 Å². The van der Waals surface area contributed by atoms with Crippen LogP contribution in [0.1, 0.15) is 13.8 Å². The number of carbonyl (C=O) groups is 1. The summed E-state index contributed by atoms with van der Waals surface area (Å²) in [6, 6.07) is 23.8. The van der Waals surface area contributed by atoms with Gasteiger partial charge in [0.2, 0.25) is 11.8 Å². The second kappa shape index (κ2) is 8.47. The van der Waals surface area contributed by atoms with E-state index in [1.807, 2.05) is 62.4 Å². The Hall–Kier alpha value is -3.51. The molecule has 0 unspecified atom stereocenters. The van der Waals surface area contributed by atoms with E-state index in [1.54, 1.807) is 0 Å². The Labute approximate surface area is 180 Å². The van der Waals surface area contributed by atoms with E-state index in [2.05, 4.69) is 39.9 Å². The summed E-state index contributed by atoms with van der Waals surface area (Å²) in [5, 5.41) is 5.93. The number of carbonyl (C=O) groups excluding carboxylic acids is 1. The summed E-state index contributed by atoms with van der Waals surface area (Å²) in [6.07, 6.45) is 0. The number of fused-ring (bicyclic) bond motifs is 1. The minimum absolute atomic E-state index is 0.128. The van der Waals surface area contributed by atoms with Gasteiger partial charge in [0.05, 0.1) is 0 Å². The molecule has 2 N–H and O–H groups in total. The lowest BCUT2D eigenvalue weighted by Crippen LogP contribution is -2.36. The first-order chi connectivity index (χ1) is 14.5. The van der Waals surface area contributed by atoms with Crippen LogP contribution in [0.5, 0.6) is 0 Å². The van der Waals surface area contributed by atoms with Crippen LogP contribution in [-0.2, 0) is 4.79 Å². The molecule has 0 aliphatic rings. The van der Waals surface area contributed by atoms with Crippen LogP contribution in [0.4, 0.5) is 5.69 Å². The summed E-state index contributed by atoms with van der Waals surface area (Å²) >= 11 is 5.20. The minimum Gasteiger partial charge on any atom is -0.436 e. The van der Waals surface area contributed by atoms with E-state index in [1.165, 1.54) is 0 Å². The van der Waals surface area contributed by atoms with Crippen LogP contribution in [0.15, 0.2) is 77.2 Å². The maximum atomic E-state index is 11.8. The number of aromatic nitrogens is 1. The van der Waals surface area contributed by atoms with Crippen molar-refractivity contribution in [2.75, 3.05) is 5.32 Å². The zero-order valence-electron chi connectivity index (χ0n) is 16.7. The Balaban J connectivity index is 1.52. The molecular weight excluding hydrogens is 394 g/mol. The molecule has 30 heavy (non-hydrogen) atoms. The van der Waals surface area contributed by atoms with E-state index < -0.39 is 0 Å². The van der Waals surface area contributed by atoms with Gasteiger partial charge in [0.15, 0.2) is 10.7 Å². The fourth-order valence-electron chi connectivity index (χ4n) is 2.98. The fourth-order valence-corrected chi connectivity index (χ4v) is 3.20. The highest BCUT2D eigenvalue weighted by molar-refractivity contribution is 7.80. The molecule has 5 nitrogen and oxygen atoms in total. The first-order valence-corrected chi connectivity index (χ1v) is 10.1. The van der Waals surface area contributed by atoms with Crippen molar-refractivity contribution >= 4 is 40.0 Å². The molecule has 0 fully saturated rings. The Morgan fingerprint density at radius 3 is 2.30 bits per heavy atom. The predicted octanol–water partition coefficient (Wildman–Crippen LogP) is 5.63. The van der Waals surface area contributed by atoms with Gasteiger partial charge in [-0.05, 0) is 53.7 Å². The number of thiocarbonyl (C=S) groups is 1. The van der Waals surface area contributed by atoms with Gasteiger partial charge in [-0.3, -0.25) is 4.79 Å². The predicted molar refractivity (Wildman–Crippen MR) is 124 cm³/mol. The monoisotopic (exact) mass is 415 g/mol. The van der Waals surface area contributed by atoms with Gasteiger partial charge in [-0.2, -0.15) is 0 Å². The molecule has 4 aromatic rings. The highest BCUT2D eigenvalue weighted by atomic mass is 32.1. The molecule has 1 aromatic heterocycles. The molecule has 0 saturated heterocycles. The molecule has 0 bridgehead atoms. The van der Waals surface area contributed by atoms with Crippen molar-refractivity contribution in [2.45, 2.75) is 13.8 Å². The molecule has 3 aromatic carbocycles. The van der Waals surface area contributed by atoms with Crippen molar-refractivity contribution in [3.63, 3.8) is 0 Å². The van der Waals surface area contributed by atoms with Crippen LogP contribution in [0.3, 0.4) is 0 Å². The number of anilines is 1. The largest absolute Gasteiger partial charge is 0.436 e. The van der Waals surface area contributed by atoms with E-state index in [9.17, 15) is 4.79 Å². The molecule has 0 spiro atoms. The topological polar surface area (TPSA) is 67.2 Å². The van der Waals surface area contributed by atoms with Crippen LogP contribution in [-0.4, -0.2) is 16.0 Å². The maximum Gasteiger partial charge on any atom is 0.228 e. The van der Waals surface area contributed by atoms with Crippen molar-refractivity contribution < 1.29 is 9.21 Å². The molecule has 0 aliphatic heterocycles. The summed E-state index contributed by atoms with van der Waals surface area (Å²) in [6.45, 7) is 3.63. The Morgan fingerprint density at radius 2 is 1.60 bits per heavy atom. The van der Waals surface area contributed by atoms with Crippen LogP contribution in [0.25, 0.3) is 33.7 Å². The maximum absolute atomic E-state index is 11.8. The SMILES string of the molecule is CC(C)C(=O)NC(=S)Nc1ccc2oc(-c3ccc(-c4ccccc4)cc3)nc2c1. The lowest BCUT2D eigenvalue weighted by atomic mass is 10.0. The average molecular weight is 416 g/mol. The molecule has 4 rings (SSSR count). The summed E-state index contributed by atoms with van der Waals surface area (Å²) in [5.41, 5.74) is 5.33. The van der Waals surface area contributed by atoms with Crippen molar-refractivity contribution in [1.29, 1.82) is 0 Å². The third kappa shape index (κ3) is 4.39. The quantitative estimate of drug-likeness (QED) is 0.423. The van der Waals surface area contributed by atoms with E-state index >= 15 is 0 Å². The molecule has 0 atom stereocenters. The van der Waals surface area contributed by atoms with Gasteiger partial charge in [-0.25, -0.2) is 4.98 Å². The van der Waals surface area contributed by atoms with Crippen LogP contribution in [0.2, 0.25) is 0 Å². The number of rotatable bonds is 4. The first-order valence-electron chi connectivity index (χ1n) is 9.68. The standard InChI is InChI=1S/C24H21N3O2S/c1-15(2)22(28)27-24(30)25-19-12-13-21-20(14-19)26-23(29-21)18-10-8-17(9-11-18)16-6-4-3-5-7-16/h3-15H,1-2H3,(H2,25,27,28,30). The summed E-state index contributed by atoms with van der Waals surface area (Å²) in [5.74, 6) is 0.285. The molecule has 6 heteroatoms. The third-order valence-electron chi connectivity index (χ3n) is 4.65. The van der Waals surface area contributed by atoms with E-state index in [0.29, 0.717) is 17.0 Å². The van der Waals surface area contributed by atoms with Crippen molar-refractivity contribution in [3.05, 3.63) is 72.8 Å². The number of hydrogen-bond acceptors (Lipinski definition) is 4. The zero-order chi connectivity index (χ0) is 21.1. The zero-order valence-corrected chi connectivity index (χ0v) is 17.5.